The average Bonchev–Trinajstić information content (AvgIpc) is 2.46. The molecule has 1 saturated heterocycles. The third kappa shape index (κ3) is 6.30. The second-order valence-electron chi connectivity index (χ2n) is 4.16. The molecule has 2 unspecified atom stereocenters. The second-order valence-corrected chi connectivity index (χ2v) is 4.16. The van der Waals surface area contributed by atoms with Crippen LogP contribution in [0.2, 0.25) is 0 Å². The van der Waals surface area contributed by atoms with E-state index in [4.69, 9.17) is 5.11 Å². The number of carbonyl (C=O) groups excluding carboxylic acids is 1. The fraction of sp³-hybridized carbons (Fsp3) is 0.909. The third-order valence-electron chi connectivity index (χ3n) is 2.72. The molecule has 1 aliphatic heterocycles. The van der Waals surface area contributed by atoms with Gasteiger partial charge in [-0.05, 0) is 41.3 Å². The Hall–Kier alpha value is -0.320. The number of likely N-dealkylation sites (tertiary alicyclic amines) is 1. The number of aliphatic hydroxyl groups is 1. The van der Waals surface area contributed by atoms with E-state index >= 15 is 0 Å². The van der Waals surface area contributed by atoms with Gasteiger partial charge in [0, 0.05) is 19.0 Å². The van der Waals surface area contributed by atoms with E-state index in [0.717, 1.165) is 19.4 Å². The van der Waals surface area contributed by atoms with Crippen molar-refractivity contribution in [2.75, 3.05) is 20.6 Å². The zero-order valence-electron chi connectivity index (χ0n) is 10.9. The lowest BCUT2D eigenvalue weighted by Gasteiger charge is -2.18. The maximum absolute atomic E-state index is 10.9. The molecule has 98 valence electrons. The Balaban J connectivity index is 0. The van der Waals surface area contributed by atoms with Crippen LogP contribution in [0.1, 0.15) is 33.6 Å². The predicted molar refractivity (Wildman–Crippen MR) is 68.7 cm³/mol. The van der Waals surface area contributed by atoms with Crippen molar-refractivity contribution in [3.8, 4) is 0 Å². The molecule has 0 spiro atoms. The third-order valence-corrected chi connectivity index (χ3v) is 2.72. The lowest BCUT2D eigenvalue weighted by molar-refractivity contribution is -0.128. The number of amides is 1. The van der Waals surface area contributed by atoms with Crippen LogP contribution in [-0.2, 0) is 4.79 Å². The Labute approximate surface area is 105 Å². The molecule has 16 heavy (non-hydrogen) atoms. The van der Waals surface area contributed by atoms with Crippen LogP contribution >= 0.6 is 12.4 Å². The molecule has 0 radical (unpaired) electrons. The van der Waals surface area contributed by atoms with Crippen molar-refractivity contribution in [3.05, 3.63) is 0 Å². The van der Waals surface area contributed by atoms with Crippen molar-refractivity contribution >= 4 is 18.3 Å². The van der Waals surface area contributed by atoms with Crippen molar-refractivity contribution in [3.63, 3.8) is 0 Å². The predicted octanol–water partition coefficient (Wildman–Crippen LogP) is 1.33. The molecular weight excluding hydrogens is 228 g/mol. The first-order valence-corrected chi connectivity index (χ1v) is 5.54. The topological polar surface area (TPSA) is 43.8 Å². The zero-order valence-corrected chi connectivity index (χ0v) is 11.8. The minimum atomic E-state index is -0.315. The second kappa shape index (κ2) is 8.79. The highest BCUT2D eigenvalue weighted by molar-refractivity contribution is 5.85. The van der Waals surface area contributed by atoms with Gasteiger partial charge in [-0.1, -0.05) is 0 Å². The standard InChI is InChI=1S/C7H13NO.C4H11NO.ClH/c1-3-8-6(2)4-5-7(8)9;1-4(6)5(2)3;/h6H,3-5H2,1-2H3;4,6H,1-3H3;1H. The van der Waals surface area contributed by atoms with Crippen LogP contribution in [0.15, 0.2) is 0 Å². The molecule has 0 bridgehead atoms. The molecule has 1 aliphatic rings. The summed E-state index contributed by atoms with van der Waals surface area (Å²) in [5, 5.41) is 8.56. The summed E-state index contributed by atoms with van der Waals surface area (Å²) in [4.78, 5) is 14.6. The SMILES string of the molecule is CC(O)N(C)C.CCN1C(=O)CCC1C.Cl. The molecule has 1 fully saturated rings. The van der Waals surface area contributed by atoms with Crippen LogP contribution < -0.4 is 0 Å². The van der Waals surface area contributed by atoms with Crippen LogP contribution in [0.25, 0.3) is 0 Å². The Morgan fingerprint density at radius 3 is 2.12 bits per heavy atom. The Morgan fingerprint density at radius 1 is 1.56 bits per heavy atom. The molecule has 1 heterocycles. The van der Waals surface area contributed by atoms with Gasteiger partial charge in [-0.15, -0.1) is 12.4 Å². The van der Waals surface area contributed by atoms with Crippen molar-refractivity contribution in [1.82, 2.24) is 9.80 Å². The maximum atomic E-state index is 10.9. The molecule has 5 heteroatoms. The molecule has 4 nitrogen and oxygen atoms in total. The summed E-state index contributed by atoms with van der Waals surface area (Å²) in [6.07, 6.45) is 1.49. The lowest BCUT2D eigenvalue weighted by Crippen LogP contribution is -2.30. The molecular formula is C11H25ClN2O2. The molecule has 0 aliphatic carbocycles. The van der Waals surface area contributed by atoms with E-state index in [1.165, 1.54) is 0 Å². The average molecular weight is 253 g/mol. The highest BCUT2D eigenvalue weighted by Gasteiger charge is 2.25. The Morgan fingerprint density at radius 2 is 2.00 bits per heavy atom. The summed E-state index contributed by atoms with van der Waals surface area (Å²) >= 11 is 0. The summed E-state index contributed by atoms with van der Waals surface area (Å²) in [5.41, 5.74) is 0. The molecule has 0 aromatic heterocycles. The van der Waals surface area contributed by atoms with Crippen molar-refractivity contribution in [1.29, 1.82) is 0 Å². The molecule has 0 saturated carbocycles. The number of hydrogen-bond acceptors (Lipinski definition) is 3. The molecule has 2 atom stereocenters. The molecule has 1 N–H and O–H groups in total. The first kappa shape index (κ1) is 18.1. The van der Waals surface area contributed by atoms with Crippen LogP contribution in [0.5, 0.6) is 0 Å². The number of carbonyl (C=O) groups is 1. The fourth-order valence-electron chi connectivity index (χ4n) is 1.37. The summed E-state index contributed by atoms with van der Waals surface area (Å²) in [6.45, 7) is 6.73. The minimum absolute atomic E-state index is 0. The lowest BCUT2D eigenvalue weighted by atomic mass is 10.2. The molecule has 0 aromatic rings. The molecule has 1 amide bonds. The van der Waals surface area contributed by atoms with Gasteiger partial charge in [-0.25, -0.2) is 0 Å². The van der Waals surface area contributed by atoms with Crippen LogP contribution in [0.4, 0.5) is 0 Å². The van der Waals surface area contributed by atoms with Gasteiger partial charge >= 0.3 is 0 Å². The maximum Gasteiger partial charge on any atom is 0.222 e. The van der Waals surface area contributed by atoms with Gasteiger partial charge in [0.25, 0.3) is 0 Å². The normalized spacial score (nSPS) is 21.3. The summed E-state index contributed by atoms with van der Waals surface area (Å²) in [7, 11) is 3.65. The fourth-order valence-corrected chi connectivity index (χ4v) is 1.37. The number of nitrogens with zero attached hydrogens (tertiary/aromatic N) is 2. The highest BCUT2D eigenvalue weighted by Crippen LogP contribution is 2.16. The number of aliphatic hydroxyl groups excluding tert-OH is 1. The first-order valence-electron chi connectivity index (χ1n) is 5.54. The smallest absolute Gasteiger partial charge is 0.222 e. The van der Waals surface area contributed by atoms with Gasteiger partial charge in [0.05, 0.1) is 0 Å². The Bertz CT molecular complexity index is 192. The van der Waals surface area contributed by atoms with Gasteiger partial charge in [0.1, 0.15) is 6.23 Å². The van der Waals surface area contributed by atoms with E-state index in [2.05, 4.69) is 6.92 Å². The van der Waals surface area contributed by atoms with Crippen LogP contribution in [0, 0.1) is 0 Å². The van der Waals surface area contributed by atoms with Gasteiger partial charge in [-0.3, -0.25) is 9.69 Å². The monoisotopic (exact) mass is 252 g/mol. The molecule has 0 aromatic carbocycles. The van der Waals surface area contributed by atoms with Crippen LogP contribution in [-0.4, -0.2) is 53.7 Å². The van der Waals surface area contributed by atoms with Crippen LogP contribution in [0.3, 0.4) is 0 Å². The van der Waals surface area contributed by atoms with Crippen molar-refractivity contribution in [2.45, 2.75) is 45.9 Å². The summed E-state index contributed by atoms with van der Waals surface area (Å²) < 4.78 is 0. The minimum Gasteiger partial charge on any atom is -0.379 e. The van der Waals surface area contributed by atoms with Crippen molar-refractivity contribution < 1.29 is 9.90 Å². The van der Waals surface area contributed by atoms with Gasteiger partial charge < -0.3 is 10.0 Å². The zero-order chi connectivity index (χ0) is 12.0. The number of halogens is 1. The van der Waals surface area contributed by atoms with E-state index < -0.39 is 0 Å². The largest absolute Gasteiger partial charge is 0.379 e. The van der Waals surface area contributed by atoms with Gasteiger partial charge in [0.15, 0.2) is 0 Å². The van der Waals surface area contributed by atoms with Crippen molar-refractivity contribution in [2.24, 2.45) is 0 Å². The van der Waals surface area contributed by atoms with E-state index in [-0.39, 0.29) is 18.6 Å². The van der Waals surface area contributed by atoms with E-state index in [1.54, 1.807) is 11.8 Å². The van der Waals surface area contributed by atoms with E-state index in [1.807, 2.05) is 25.9 Å². The van der Waals surface area contributed by atoms with E-state index in [0.29, 0.717) is 11.9 Å². The quantitative estimate of drug-likeness (QED) is 0.754. The van der Waals surface area contributed by atoms with Gasteiger partial charge in [-0.2, -0.15) is 0 Å². The highest BCUT2D eigenvalue weighted by atomic mass is 35.5. The van der Waals surface area contributed by atoms with E-state index in [9.17, 15) is 4.79 Å². The summed E-state index contributed by atoms with van der Waals surface area (Å²) in [6, 6.07) is 0.488. The summed E-state index contributed by atoms with van der Waals surface area (Å²) in [5.74, 6) is 0.324. The Kier molecular flexibility index (Phi) is 9.92. The number of hydrogen-bond donors (Lipinski definition) is 1. The first-order chi connectivity index (χ1) is 6.90. The van der Waals surface area contributed by atoms with Gasteiger partial charge in [0.2, 0.25) is 5.91 Å². The number of rotatable bonds is 2. The molecule has 1 rings (SSSR count).